The number of carboxylic acids is 1. The average molecular weight is 422 g/mol. The molecule has 0 amide bonds. The van der Waals surface area contributed by atoms with Crippen molar-refractivity contribution in [2.45, 2.75) is 12.8 Å². The van der Waals surface area contributed by atoms with Crippen LogP contribution in [-0.4, -0.2) is 28.2 Å². The minimum atomic E-state index is -0.826. The predicted octanol–water partition coefficient (Wildman–Crippen LogP) is 6.25. The van der Waals surface area contributed by atoms with Crippen molar-refractivity contribution in [3.8, 4) is 28.0 Å². The summed E-state index contributed by atoms with van der Waals surface area (Å²) >= 11 is 0. The second-order valence-electron chi connectivity index (χ2n) is 7.93. The third-order valence-electron chi connectivity index (χ3n) is 6.00. The first-order valence-electron chi connectivity index (χ1n) is 10.4. The molecule has 5 rings (SSSR count). The number of fused-ring (bicyclic) bond motifs is 2. The third kappa shape index (κ3) is 3.48. The Kier molecular flexibility index (Phi) is 4.86. The van der Waals surface area contributed by atoms with Gasteiger partial charge in [0.05, 0.1) is 13.0 Å². The van der Waals surface area contributed by atoms with Gasteiger partial charge in [-0.15, -0.1) is 0 Å². The van der Waals surface area contributed by atoms with Crippen LogP contribution in [0.5, 0.6) is 5.75 Å². The maximum atomic E-state index is 11.3. The van der Waals surface area contributed by atoms with Crippen LogP contribution < -0.4 is 4.74 Å². The number of hydrogen-bond acceptors (Lipinski definition) is 3. The van der Waals surface area contributed by atoms with Crippen molar-refractivity contribution < 1.29 is 14.6 Å². The molecular weight excluding hydrogens is 400 g/mol. The van der Waals surface area contributed by atoms with E-state index in [2.05, 4.69) is 40.3 Å². The van der Waals surface area contributed by atoms with Crippen molar-refractivity contribution >= 4 is 27.8 Å². The van der Waals surface area contributed by atoms with E-state index in [-0.39, 0.29) is 0 Å². The molecule has 0 bridgehead atoms. The third-order valence-corrected chi connectivity index (χ3v) is 6.00. The zero-order valence-corrected chi connectivity index (χ0v) is 17.8. The second-order valence-corrected chi connectivity index (χ2v) is 7.93. The Bertz CT molecular complexity index is 1450. The number of nitrogens with zero attached hydrogens (tertiary/aromatic N) is 1. The fraction of sp³-hybridized carbons (Fsp3) is 0.111. The Hall–Kier alpha value is -4.12. The van der Waals surface area contributed by atoms with Gasteiger partial charge in [0, 0.05) is 28.9 Å². The summed E-state index contributed by atoms with van der Waals surface area (Å²) in [6.45, 7) is 1.69. The molecule has 1 atom stereocenters. The van der Waals surface area contributed by atoms with Crippen molar-refractivity contribution in [1.29, 1.82) is 0 Å². The van der Waals surface area contributed by atoms with E-state index in [0.717, 1.165) is 55.4 Å². The van der Waals surface area contributed by atoms with Gasteiger partial charge in [-0.3, -0.25) is 4.79 Å². The number of carbonyl (C=O) groups is 1. The maximum Gasteiger partial charge on any atom is 0.310 e. The van der Waals surface area contributed by atoms with E-state index in [0.29, 0.717) is 0 Å². The number of carboxylic acid groups (broad SMARTS) is 1. The number of aromatic nitrogens is 2. The summed E-state index contributed by atoms with van der Waals surface area (Å²) in [6, 6.07) is 22.2. The summed E-state index contributed by atoms with van der Waals surface area (Å²) in [5, 5.41) is 12.5. The lowest BCUT2D eigenvalue weighted by Crippen LogP contribution is -2.06. The molecule has 0 spiro atoms. The molecule has 1 unspecified atom stereocenters. The molecule has 0 fully saturated rings. The zero-order chi connectivity index (χ0) is 22.2. The smallest absolute Gasteiger partial charge is 0.310 e. The molecule has 32 heavy (non-hydrogen) atoms. The second kappa shape index (κ2) is 7.85. The van der Waals surface area contributed by atoms with Crippen LogP contribution in [0.4, 0.5) is 0 Å². The number of rotatable bonds is 5. The molecule has 0 saturated carbocycles. The van der Waals surface area contributed by atoms with Crippen molar-refractivity contribution in [3.05, 3.63) is 84.7 Å². The molecule has 0 aliphatic rings. The lowest BCUT2D eigenvalue weighted by Gasteiger charge is -2.08. The number of aliphatic carboxylic acids is 1. The number of methoxy groups -OCH3 is 1. The molecule has 5 nitrogen and oxygen atoms in total. The predicted molar refractivity (Wildman–Crippen MR) is 127 cm³/mol. The van der Waals surface area contributed by atoms with E-state index in [4.69, 9.17) is 4.74 Å². The summed E-state index contributed by atoms with van der Waals surface area (Å²) in [5.41, 5.74) is 5.78. The van der Waals surface area contributed by atoms with Crippen LogP contribution in [0.1, 0.15) is 18.4 Å². The van der Waals surface area contributed by atoms with Gasteiger partial charge >= 0.3 is 5.97 Å². The lowest BCUT2D eigenvalue weighted by molar-refractivity contribution is -0.138. The largest absolute Gasteiger partial charge is 0.497 e. The number of nitrogens with one attached hydrogen (secondary N) is 1. The molecule has 2 heterocycles. The van der Waals surface area contributed by atoms with Crippen LogP contribution in [-0.2, 0) is 4.79 Å². The quantitative estimate of drug-likeness (QED) is 0.351. The maximum absolute atomic E-state index is 11.3. The first-order chi connectivity index (χ1) is 15.5. The lowest BCUT2D eigenvalue weighted by atomic mass is 9.97. The monoisotopic (exact) mass is 422 g/mol. The first kappa shape index (κ1) is 19.8. The number of H-pyrrole nitrogens is 1. The van der Waals surface area contributed by atoms with Gasteiger partial charge in [0.25, 0.3) is 0 Å². The Morgan fingerprint density at radius 3 is 2.41 bits per heavy atom. The molecule has 2 N–H and O–H groups in total. The molecule has 2 aromatic heterocycles. The van der Waals surface area contributed by atoms with Crippen molar-refractivity contribution in [1.82, 2.24) is 9.97 Å². The van der Waals surface area contributed by atoms with E-state index >= 15 is 0 Å². The Morgan fingerprint density at radius 1 is 0.938 bits per heavy atom. The van der Waals surface area contributed by atoms with Crippen LogP contribution in [0.25, 0.3) is 44.1 Å². The van der Waals surface area contributed by atoms with Gasteiger partial charge in [0.15, 0.2) is 0 Å². The Morgan fingerprint density at radius 2 is 1.66 bits per heavy atom. The van der Waals surface area contributed by atoms with Crippen LogP contribution in [0.2, 0.25) is 0 Å². The first-order valence-corrected chi connectivity index (χ1v) is 10.4. The van der Waals surface area contributed by atoms with Gasteiger partial charge in [0.1, 0.15) is 11.4 Å². The van der Waals surface area contributed by atoms with Gasteiger partial charge in [-0.05, 0) is 58.7 Å². The highest BCUT2D eigenvalue weighted by Crippen LogP contribution is 2.33. The Labute approximate surface area is 185 Å². The van der Waals surface area contributed by atoms with Crippen LogP contribution >= 0.6 is 0 Å². The fourth-order valence-electron chi connectivity index (χ4n) is 4.02. The molecular formula is C27H22N2O3. The van der Waals surface area contributed by atoms with Gasteiger partial charge < -0.3 is 14.8 Å². The minimum Gasteiger partial charge on any atom is -0.497 e. The zero-order valence-electron chi connectivity index (χ0n) is 17.8. The van der Waals surface area contributed by atoms with Gasteiger partial charge in [-0.1, -0.05) is 42.5 Å². The van der Waals surface area contributed by atoms with E-state index in [9.17, 15) is 9.90 Å². The van der Waals surface area contributed by atoms with Crippen molar-refractivity contribution in [2.75, 3.05) is 7.11 Å². The highest BCUT2D eigenvalue weighted by atomic mass is 16.5. The average Bonchev–Trinajstić information content (AvgIpc) is 3.26. The number of pyridine rings is 1. The molecule has 5 aromatic rings. The Balaban J connectivity index is 1.54. The van der Waals surface area contributed by atoms with Crippen LogP contribution in [0.15, 0.2) is 79.1 Å². The van der Waals surface area contributed by atoms with Gasteiger partial charge in [0.2, 0.25) is 0 Å². The molecule has 0 aliphatic heterocycles. The fourth-order valence-corrected chi connectivity index (χ4v) is 4.02. The van der Waals surface area contributed by atoms with Crippen LogP contribution in [0, 0.1) is 0 Å². The summed E-state index contributed by atoms with van der Waals surface area (Å²) in [4.78, 5) is 19.1. The molecule has 158 valence electrons. The van der Waals surface area contributed by atoms with E-state index in [1.165, 1.54) is 0 Å². The number of ether oxygens (including phenoxy) is 1. The van der Waals surface area contributed by atoms with E-state index in [1.807, 2.05) is 48.8 Å². The standard InChI is InChI=1S/C27H22N2O3/c1-16(27(30)31)17-3-5-18(6-4-17)25-15-29-26-24(25)13-22(14-28-26)20-7-8-21-12-23(32-2)10-9-19(21)11-20/h3-16H,1-2H3,(H,28,29)(H,30,31). The molecule has 0 radical (unpaired) electrons. The normalized spacial score (nSPS) is 12.2. The van der Waals surface area contributed by atoms with Crippen molar-refractivity contribution in [2.24, 2.45) is 0 Å². The number of hydrogen-bond donors (Lipinski definition) is 2. The van der Waals surface area contributed by atoms with Gasteiger partial charge in [-0.25, -0.2) is 4.98 Å². The molecule has 5 heteroatoms. The molecule has 0 saturated heterocycles. The summed E-state index contributed by atoms with van der Waals surface area (Å²) in [6.07, 6.45) is 3.83. The minimum absolute atomic E-state index is 0.534. The highest BCUT2D eigenvalue weighted by Gasteiger charge is 2.14. The summed E-state index contributed by atoms with van der Waals surface area (Å²) in [5.74, 6) is -0.519. The molecule has 0 aliphatic carbocycles. The number of aromatic amines is 1. The van der Waals surface area contributed by atoms with Crippen LogP contribution in [0.3, 0.4) is 0 Å². The van der Waals surface area contributed by atoms with E-state index in [1.54, 1.807) is 14.0 Å². The van der Waals surface area contributed by atoms with E-state index < -0.39 is 11.9 Å². The number of benzene rings is 3. The van der Waals surface area contributed by atoms with Crippen molar-refractivity contribution in [3.63, 3.8) is 0 Å². The molecule has 3 aromatic carbocycles. The topological polar surface area (TPSA) is 75.2 Å². The summed E-state index contributed by atoms with van der Waals surface area (Å²) in [7, 11) is 1.67. The SMILES string of the molecule is COc1ccc2cc(-c3cnc4[nH]cc(-c5ccc(C(C)C(=O)O)cc5)c4c3)ccc2c1. The summed E-state index contributed by atoms with van der Waals surface area (Å²) < 4.78 is 5.32. The van der Waals surface area contributed by atoms with Gasteiger partial charge in [-0.2, -0.15) is 0 Å². The highest BCUT2D eigenvalue weighted by molar-refractivity contribution is 5.97.